The molecule has 106 valence electrons. The molecular formula is C16H26N2O. The molecule has 0 bridgehead atoms. The fraction of sp³-hybridized carbons (Fsp3) is 0.625. The summed E-state index contributed by atoms with van der Waals surface area (Å²) < 4.78 is 5.26. The molecule has 1 fully saturated rings. The molecular weight excluding hydrogens is 236 g/mol. The second kappa shape index (κ2) is 6.80. The van der Waals surface area contributed by atoms with Crippen LogP contribution in [0.1, 0.15) is 32.6 Å². The molecule has 1 aliphatic rings. The van der Waals surface area contributed by atoms with Crippen LogP contribution in [0.15, 0.2) is 24.3 Å². The summed E-state index contributed by atoms with van der Waals surface area (Å²) in [4.78, 5) is 0. The predicted octanol–water partition coefficient (Wildman–Crippen LogP) is 3.26. The molecule has 1 unspecified atom stereocenters. The van der Waals surface area contributed by atoms with Crippen LogP contribution in [0.5, 0.6) is 5.75 Å². The standard InChI is InChI=1S/C16H26N2O/c1-12-6-8-13(9-7-12)16(11-17)18-14-4-3-5-15(10-14)19-2/h3-5,10,12-13,16,18H,6-9,11,17H2,1-2H3. The highest BCUT2D eigenvalue weighted by Crippen LogP contribution is 2.31. The van der Waals surface area contributed by atoms with E-state index < -0.39 is 0 Å². The first-order chi connectivity index (χ1) is 9.22. The Morgan fingerprint density at radius 3 is 2.68 bits per heavy atom. The fourth-order valence-electron chi connectivity index (χ4n) is 2.98. The van der Waals surface area contributed by atoms with Crippen molar-refractivity contribution in [2.75, 3.05) is 19.0 Å². The van der Waals surface area contributed by atoms with Gasteiger partial charge in [-0.1, -0.05) is 25.8 Å². The van der Waals surface area contributed by atoms with Crippen molar-refractivity contribution < 1.29 is 4.74 Å². The average Bonchev–Trinajstić information content (AvgIpc) is 2.46. The van der Waals surface area contributed by atoms with Gasteiger partial charge in [-0.2, -0.15) is 0 Å². The third-order valence-corrected chi connectivity index (χ3v) is 4.31. The Labute approximate surface area is 116 Å². The Morgan fingerprint density at radius 2 is 2.05 bits per heavy atom. The predicted molar refractivity (Wildman–Crippen MR) is 80.6 cm³/mol. The Morgan fingerprint density at radius 1 is 1.32 bits per heavy atom. The quantitative estimate of drug-likeness (QED) is 0.856. The van der Waals surface area contributed by atoms with Crippen LogP contribution in [0, 0.1) is 11.8 Å². The first-order valence-electron chi connectivity index (χ1n) is 7.33. The van der Waals surface area contributed by atoms with Gasteiger partial charge in [0.15, 0.2) is 0 Å². The molecule has 0 spiro atoms. The van der Waals surface area contributed by atoms with Gasteiger partial charge in [-0.15, -0.1) is 0 Å². The Bertz CT molecular complexity index is 386. The first-order valence-corrected chi connectivity index (χ1v) is 7.33. The van der Waals surface area contributed by atoms with Gasteiger partial charge in [-0.3, -0.25) is 0 Å². The van der Waals surface area contributed by atoms with Crippen LogP contribution in [-0.2, 0) is 0 Å². The summed E-state index contributed by atoms with van der Waals surface area (Å²) in [7, 11) is 1.70. The summed E-state index contributed by atoms with van der Waals surface area (Å²) in [5, 5.41) is 3.58. The molecule has 0 aliphatic heterocycles. The molecule has 0 aromatic heterocycles. The third-order valence-electron chi connectivity index (χ3n) is 4.31. The maximum absolute atomic E-state index is 5.96. The summed E-state index contributed by atoms with van der Waals surface area (Å²) in [5.74, 6) is 2.47. The number of benzene rings is 1. The Kier molecular flexibility index (Phi) is 5.08. The van der Waals surface area contributed by atoms with Gasteiger partial charge in [-0.25, -0.2) is 0 Å². The lowest BCUT2D eigenvalue weighted by molar-refractivity contribution is 0.265. The molecule has 1 aromatic rings. The van der Waals surface area contributed by atoms with Gasteiger partial charge in [0.25, 0.3) is 0 Å². The highest BCUT2D eigenvalue weighted by atomic mass is 16.5. The smallest absolute Gasteiger partial charge is 0.120 e. The zero-order valence-corrected chi connectivity index (χ0v) is 12.1. The van der Waals surface area contributed by atoms with Crippen LogP contribution in [-0.4, -0.2) is 19.7 Å². The van der Waals surface area contributed by atoms with Gasteiger partial charge < -0.3 is 15.8 Å². The van der Waals surface area contributed by atoms with E-state index in [4.69, 9.17) is 10.5 Å². The maximum Gasteiger partial charge on any atom is 0.120 e. The number of methoxy groups -OCH3 is 1. The summed E-state index contributed by atoms with van der Waals surface area (Å²) in [6, 6.07) is 8.47. The molecule has 3 N–H and O–H groups in total. The summed E-state index contributed by atoms with van der Waals surface area (Å²) >= 11 is 0. The number of anilines is 1. The molecule has 1 saturated carbocycles. The van der Waals surface area contributed by atoms with Gasteiger partial charge in [0, 0.05) is 24.3 Å². The van der Waals surface area contributed by atoms with E-state index in [1.807, 2.05) is 18.2 Å². The lowest BCUT2D eigenvalue weighted by Gasteiger charge is -2.33. The molecule has 2 rings (SSSR count). The van der Waals surface area contributed by atoms with Crippen LogP contribution in [0.2, 0.25) is 0 Å². The van der Waals surface area contributed by atoms with Crippen LogP contribution >= 0.6 is 0 Å². The SMILES string of the molecule is COc1cccc(NC(CN)C2CCC(C)CC2)c1. The zero-order valence-electron chi connectivity index (χ0n) is 12.1. The highest BCUT2D eigenvalue weighted by molar-refractivity contribution is 5.49. The minimum absolute atomic E-state index is 0.375. The normalized spacial score (nSPS) is 24.8. The summed E-state index contributed by atoms with van der Waals surface area (Å²) in [6.07, 6.45) is 5.25. The minimum Gasteiger partial charge on any atom is -0.497 e. The number of rotatable bonds is 5. The molecule has 19 heavy (non-hydrogen) atoms. The van der Waals surface area contributed by atoms with E-state index in [9.17, 15) is 0 Å². The molecule has 3 heteroatoms. The van der Waals surface area contributed by atoms with Gasteiger partial charge >= 0.3 is 0 Å². The monoisotopic (exact) mass is 262 g/mol. The molecule has 0 heterocycles. The Hall–Kier alpha value is -1.22. The van der Waals surface area contributed by atoms with Crippen molar-refractivity contribution >= 4 is 5.69 Å². The van der Waals surface area contributed by atoms with E-state index in [0.717, 1.165) is 17.4 Å². The molecule has 0 amide bonds. The molecule has 1 aromatic carbocycles. The number of nitrogens with one attached hydrogen (secondary N) is 1. The van der Waals surface area contributed by atoms with E-state index in [1.54, 1.807) is 7.11 Å². The van der Waals surface area contributed by atoms with Crippen molar-refractivity contribution in [3.8, 4) is 5.75 Å². The number of ether oxygens (including phenoxy) is 1. The van der Waals surface area contributed by atoms with E-state index in [0.29, 0.717) is 18.5 Å². The molecule has 3 nitrogen and oxygen atoms in total. The summed E-state index contributed by atoms with van der Waals surface area (Å²) in [6.45, 7) is 3.04. The largest absolute Gasteiger partial charge is 0.497 e. The number of hydrogen-bond donors (Lipinski definition) is 2. The first kappa shape index (κ1) is 14.2. The van der Waals surface area contributed by atoms with Gasteiger partial charge in [0.05, 0.1) is 7.11 Å². The molecule has 1 atom stereocenters. The van der Waals surface area contributed by atoms with Crippen molar-refractivity contribution in [2.45, 2.75) is 38.6 Å². The van der Waals surface area contributed by atoms with Gasteiger partial charge in [-0.05, 0) is 36.8 Å². The van der Waals surface area contributed by atoms with E-state index in [-0.39, 0.29) is 0 Å². The van der Waals surface area contributed by atoms with Crippen molar-refractivity contribution in [2.24, 2.45) is 17.6 Å². The van der Waals surface area contributed by atoms with Crippen LogP contribution < -0.4 is 15.8 Å². The topological polar surface area (TPSA) is 47.3 Å². The lowest BCUT2D eigenvalue weighted by Crippen LogP contribution is -2.38. The second-order valence-electron chi connectivity index (χ2n) is 5.74. The van der Waals surface area contributed by atoms with E-state index >= 15 is 0 Å². The van der Waals surface area contributed by atoms with E-state index in [1.165, 1.54) is 25.7 Å². The zero-order chi connectivity index (χ0) is 13.7. The second-order valence-corrected chi connectivity index (χ2v) is 5.74. The number of hydrogen-bond acceptors (Lipinski definition) is 3. The van der Waals surface area contributed by atoms with Gasteiger partial charge in [0.1, 0.15) is 5.75 Å². The van der Waals surface area contributed by atoms with Crippen molar-refractivity contribution in [1.82, 2.24) is 0 Å². The van der Waals surface area contributed by atoms with Gasteiger partial charge in [0.2, 0.25) is 0 Å². The van der Waals surface area contributed by atoms with Crippen molar-refractivity contribution in [3.63, 3.8) is 0 Å². The minimum atomic E-state index is 0.375. The molecule has 1 aliphatic carbocycles. The summed E-state index contributed by atoms with van der Waals surface area (Å²) in [5.41, 5.74) is 7.07. The third kappa shape index (κ3) is 3.87. The lowest BCUT2D eigenvalue weighted by atomic mass is 9.79. The van der Waals surface area contributed by atoms with Crippen molar-refractivity contribution in [3.05, 3.63) is 24.3 Å². The Balaban J connectivity index is 1.98. The van der Waals surface area contributed by atoms with E-state index in [2.05, 4.69) is 18.3 Å². The molecule has 0 radical (unpaired) electrons. The molecule has 0 saturated heterocycles. The van der Waals surface area contributed by atoms with Crippen LogP contribution in [0.25, 0.3) is 0 Å². The van der Waals surface area contributed by atoms with Crippen LogP contribution in [0.4, 0.5) is 5.69 Å². The average molecular weight is 262 g/mol. The fourth-order valence-corrected chi connectivity index (χ4v) is 2.98. The maximum atomic E-state index is 5.96. The van der Waals surface area contributed by atoms with Crippen molar-refractivity contribution in [1.29, 1.82) is 0 Å². The van der Waals surface area contributed by atoms with Crippen LogP contribution in [0.3, 0.4) is 0 Å². The number of nitrogens with two attached hydrogens (primary N) is 1. The highest BCUT2D eigenvalue weighted by Gasteiger charge is 2.25.